The summed E-state index contributed by atoms with van der Waals surface area (Å²) in [6.45, 7) is 2.29. The molecule has 0 fully saturated rings. The Morgan fingerprint density at radius 1 is 0.750 bits per heavy atom. The highest BCUT2D eigenvalue weighted by molar-refractivity contribution is 5.86. The van der Waals surface area contributed by atoms with Crippen molar-refractivity contribution in [1.82, 2.24) is 14.4 Å². The lowest BCUT2D eigenvalue weighted by Crippen LogP contribution is -2.43. The number of rotatable bonds is 14. The van der Waals surface area contributed by atoms with E-state index < -0.39 is 0 Å². The monoisotopic (exact) mass is 541 g/mol. The van der Waals surface area contributed by atoms with Crippen molar-refractivity contribution in [3.05, 3.63) is 131 Å². The molecule has 0 unspecified atom stereocenters. The van der Waals surface area contributed by atoms with Crippen LogP contribution in [0.1, 0.15) is 28.8 Å². The number of hydrogen-bond donors (Lipinski definition) is 0. The van der Waals surface area contributed by atoms with E-state index >= 15 is 0 Å². The summed E-state index contributed by atoms with van der Waals surface area (Å²) in [5.41, 5.74) is 3.84. The van der Waals surface area contributed by atoms with E-state index in [1.807, 2.05) is 79.0 Å². The van der Waals surface area contributed by atoms with Crippen molar-refractivity contribution in [2.24, 2.45) is 0 Å². The first-order valence-corrected chi connectivity index (χ1v) is 13.5. The van der Waals surface area contributed by atoms with Crippen LogP contribution in [0.5, 0.6) is 0 Å². The van der Waals surface area contributed by atoms with E-state index in [1.54, 1.807) is 29.0 Å². The lowest BCUT2D eigenvalue weighted by Gasteiger charge is -2.28. The van der Waals surface area contributed by atoms with Gasteiger partial charge in [0.05, 0.1) is 19.5 Å². The highest BCUT2D eigenvalue weighted by Crippen LogP contribution is 2.15. The number of amides is 2. The van der Waals surface area contributed by atoms with Crippen LogP contribution in [0.3, 0.4) is 0 Å². The van der Waals surface area contributed by atoms with Gasteiger partial charge in [0.2, 0.25) is 11.8 Å². The zero-order valence-electron chi connectivity index (χ0n) is 22.9. The summed E-state index contributed by atoms with van der Waals surface area (Å²) in [5, 5.41) is 0. The molecular weight excluding hydrogens is 505 g/mol. The minimum Gasteiger partial charge on any atom is -0.385 e. The van der Waals surface area contributed by atoms with Crippen LogP contribution in [0, 0.1) is 5.82 Å². The van der Waals surface area contributed by atoms with Gasteiger partial charge >= 0.3 is 0 Å². The first-order chi connectivity index (χ1) is 19.5. The number of carbonyl (C=O) groups excluding carboxylic acids is 2. The van der Waals surface area contributed by atoms with Crippen LogP contribution in [0.25, 0.3) is 0 Å². The molecule has 1 heterocycles. The van der Waals surface area contributed by atoms with E-state index in [4.69, 9.17) is 4.74 Å². The van der Waals surface area contributed by atoms with Crippen LogP contribution < -0.4 is 0 Å². The van der Waals surface area contributed by atoms with Gasteiger partial charge in [0.25, 0.3) is 0 Å². The molecule has 0 saturated carbocycles. The van der Waals surface area contributed by atoms with Crippen LogP contribution in [0.4, 0.5) is 4.39 Å². The van der Waals surface area contributed by atoms with Gasteiger partial charge in [-0.05, 0) is 47.4 Å². The molecule has 4 rings (SSSR count). The van der Waals surface area contributed by atoms with Gasteiger partial charge in [-0.15, -0.1) is 0 Å². The highest BCUT2D eigenvalue weighted by atomic mass is 19.1. The summed E-state index contributed by atoms with van der Waals surface area (Å²) in [6, 6.07) is 29.8. The lowest BCUT2D eigenvalue weighted by molar-refractivity contribution is -0.141. The Hall–Kier alpha value is -4.23. The SMILES string of the molecule is COCCCN(CC(=O)N(Cc1ccccc1)Cc1cccn1Cc1ccc(F)cc1)C(=O)Cc1ccccc1. The number of hydrogen-bond acceptors (Lipinski definition) is 3. The molecule has 0 atom stereocenters. The number of carbonyl (C=O) groups is 2. The predicted molar refractivity (Wildman–Crippen MR) is 154 cm³/mol. The van der Waals surface area contributed by atoms with Gasteiger partial charge in [-0.1, -0.05) is 72.8 Å². The molecule has 208 valence electrons. The van der Waals surface area contributed by atoms with Crippen LogP contribution in [-0.4, -0.2) is 53.0 Å². The predicted octanol–water partition coefficient (Wildman–Crippen LogP) is 5.31. The maximum Gasteiger partial charge on any atom is 0.242 e. The fraction of sp³-hybridized carbons (Fsp3) is 0.273. The van der Waals surface area contributed by atoms with E-state index in [1.165, 1.54) is 12.1 Å². The number of ether oxygens (including phenoxy) is 1. The summed E-state index contributed by atoms with van der Waals surface area (Å²) >= 11 is 0. The Labute approximate surface area is 235 Å². The van der Waals surface area contributed by atoms with E-state index in [2.05, 4.69) is 4.57 Å². The second kappa shape index (κ2) is 14.8. The molecule has 0 spiro atoms. The third kappa shape index (κ3) is 8.64. The Bertz CT molecular complexity index is 1340. The van der Waals surface area contributed by atoms with Crippen molar-refractivity contribution >= 4 is 11.8 Å². The smallest absolute Gasteiger partial charge is 0.242 e. The van der Waals surface area contributed by atoms with Crippen molar-refractivity contribution in [2.45, 2.75) is 32.5 Å². The molecular formula is C33H36FN3O3. The number of benzene rings is 3. The Morgan fingerprint density at radius 2 is 1.43 bits per heavy atom. The molecule has 2 amide bonds. The molecule has 0 aliphatic rings. The molecule has 7 heteroatoms. The number of halogens is 1. The number of nitrogens with zero attached hydrogens (tertiary/aromatic N) is 3. The average molecular weight is 542 g/mol. The molecule has 0 radical (unpaired) electrons. The van der Waals surface area contributed by atoms with Gasteiger partial charge in [0.15, 0.2) is 0 Å². The molecule has 3 aromatic carbocycles. The number of aromatic nitrogens is 1. The van der Waals surface area contributed by atoms with Crippen molar-refractivity contribution in [3.8, 4) is 0 Å². The second-order valence-corrected chi connectivity index (χ2v) is 9.81. The summed E-state index contributed by atoms with van der Waals surface area (Å²) in [7, 11) is 1.63. The maximum atomic E-state index is 13.8. The van der Waals surface area contributed by atoms with Crippen LogP contribution in [0.2, 0.25) is 0 Å². The standard InChI is InChI=1S/C33H36FN3O3/c1-40-21-9-20-36(32(38)22-27-10-4-2-5-11-27)26-33(39)37(24-28-12-6-3-7-13-28)25-31-14-8-19-35(31)23-29-15-17-30(34)18-16-29/h2-8,10-19H,9,20-26H2,1H3. The van der Waals surface area contributed by atoms with E-state index in [0.717, 1.165) is 22.4 Å². The molecule has 1 aromatic heterocycles. The Morgan fingerprint density at radius 3 is 2.10 bits per heavy atom. The maximum absolute atomic E-state index is 13.8. The van der Waals surface area contributed by atoms with Gasteiger partial charge < -0.3 is 19.1 Å². The van der Waals surface area contributed by atoms with Gasteiger partial charge in [0.1, 0.15) is 5.82 Å². The van der Waals surface area contributed by atoms with Crippen molar-refractivity contribution in [1.29, 1.82) is 0 Å². The summed E-state index contributed by atoms with van der Waals surface area (Å²) in [4.78, 5) is 30.6. The highest BCUT2D eigenvalue weighted by Gasteiger charge is 2.23. The van der Waals surface area contributed by atoms with Crippen LogP contribution in [0.15, 0.2) is 103 Å². The summed E-state index contributed by atoms with van der Waals surface area (Å²) in [5.74, 6) is -0.486. The second-order valence-electron chi connectivity index (χ2n) is 9.81. The molecule has 40 heavy (non-hydrogen) atoms. The number of methoxy groups -OCH3 is 1. The molecule has 0 saturated heterocycles. The zero-order valence-corrected chi connectivity index (χ0v) is 22.9. The van der Waals surface area contributed by atoms with Crippen LogP contribution >= 0.6 is 0 Å². The largest absolute Gasteiger partial charge is 0.385 e. The lowest BCUT2D eigenvalue weighted by atomic mass is 10.1. The van der Waals surface area contributed by atoms with Gasteiger partial charge in [-0.25, -0.2) is 4.39 Å². The minimum absolute atomic E-state index is 0.0130. The third-order valence-corrected chi connectivity index (χ3v) is 6.77. The fourth-order valence-corrected chi connectivity index (χ4v) is 4.60. The van der Waals surface area contributed by atoms with Gasteiger partial charge in [-0.2, -0.15) is 0 Å². The van der Waals surface area contributed by atoms with Gasteiger partial charge in [0, 0.05) is 45.2 Å². The first-order valence-electron chi connectivity index (χ1n) is 13.5. The van der Waals surface area contributed by atoms with Gasteiger partial charge in [-0.3, -0.25) is 9.59 Å². The normalized spacial score (nSPS) is 10.8. The molecule has 6 nitrogen and oxygen atoms in total. The van der Waals surface area contributed by atoms with Crippen molar-refractivity contribution < 1.29 is 18.7 Å². The molecule has 4 aromatic rings. The van der Waals surface area contributed by atoms with Crippen molar-refractivity contribution in [3.63, 3.8) is 0 Å². The Balaban J connectivity index is 1.52. The van der Waals surface area contributed by atoms with E-state index in [0.29, 0.717) is 39.2 Å². The molecule has 0 aliphatic heterocycles. The Kier molecular flexibility index (Phi) is 10.6. The van der Waals surface area contributed by atoms with Crippen LogP contribution in [-0.2, 0) is 40.4 Å². The summed E-state index contributed by atoms with van der Waals surface area (Å²) < 4.78 is 20.7. The molecule has 0 aliphatic carbocycles. The molecule has 0 N–H and O–H groups in total. The third-order valence-electron chi connectivity index (χ3n) is 6.77. The zero-order chi connectivity index (χ0) is 28.2. The fourth-order valence-electron chi connectivity index (χ4n) is 4.60. The summed E-state index contributed by atoms with van der Waals surface area (Å²) in [6.07, 6.45) is 2.84. The molecule has 0 bridgehead atoms. The van der Waals surface area contributed by atoms with E-state index in [9.17, 15) is 14.0 Å². The minimum atomic E-state index is -0.270. The quantitative estimate of drug-likeness (QED) is 0.203. The topological polar surface area (TPSA) is 54.8 Å². The van der Waals surface area contributed by atoms with Crippen molar-refractivity contribution in [2.75, 3.05) is 26.8 Å². The first kappa shape index (κ1) is 28.8. The van der Waals surface area contributed by atoms with E-state index in [-0.39, 0.29) is 30.6 Å². The average Bonchev–Trinajstić information content (AvgIpc) is 3.40.